The van der Waals surface area contributed by atoms with Crippen LogP contribution in [-0.2, 0) is 6.54 Å². The Balaban J connectivity index is 1.87. The molecule has 0 amide bonds. The molecule has 0 bridgehead atoms. The summed E-state index contributed by atoms with van der Waals surface area (Å²) in [7, 11) is 0. The van der Waals surface area contributed by atoms with Crippen molar-refractivity contribution >= 4 is 17.6 Å². The average Bonchev–Trinajstić information content (AvgIpc) is 3.10. The van der Waals surface area contributed by atoms with Gasteiger partial charge in [0.2, 0.25) is 0 Å². The molecule has 6 heteroatoms. The largest absolute Gasteiger partial charge is 0.477 e. The minimum absolute atomic E-state index is 0.237. The van der Waals surface area contributed by atoms with Crippen LogP contribution in [0.2, 0.25) is 5.15 Å². The Morgan fingerprint density at radius 1 is 1.27 bits per heavy atom. The predicted octanol–water partition coefficient (Wildman–Crippen LogP) is 3.38. The van der Waals surface area contributed by atoms with E-state index in [2.05, 4.69) is 4.98 Å². The van der Waals surface area contributed by atoms with Gasteiger partial charge in [-0.15, -0.1) is 0 Å². The highest BCUT2D eigenvalue weighted by Gasteiger charge is 2.10. The predicted molar refractivity (Wildman–Crippen MR) is 83.8 cm³/mol. The Hall–Kier alpha value is -2.53. The van der Waals surface area contributed by atoms with E-state index in [9.17, 15) is 4.79 Å². The van der Waals surface area contributed by atoms with Crippen LogP contribution in [0, 0.1) is 6.92 Å². The molecule has 0 atom stereocenters. The number of aromatic nitrogens is 3. The Morgan fingerprint density at radius 3 is 2.59 bits per heavy atom. The molecular weight excluding hydrogens is 302 g/mol. The number of aryl methyl sites for hydroxylation is 1. The number of imidazole rings is 1. The Kier molecular flexibility index (Phi) is 3.73. The highest BCUT2D eigenvalue weighted by Crippen LogP contribution is 2.17. The maximum atomic E-state index is 11.2. The number of carboxylic acid groups (broad SMARTS) is 1. The molecule has 0 aliphatic carbocycles. The maximum absolute atomic E-state index is 11.2. The minimum Gasteiger partial charge on any atom is -0.477 e. The van der Waals surface area contributed by atoms with Gasteiger partial charge in [-0.25, -0.2) is 9.78 Å². The molecule has 3 rings (SSSR count). The number of halogens is 1. The molecule has 0 radical (unpaired) electrons. The number of carboxylic acids is 1. The van der Waals surface area contributed by atoms with Crippen LogP contribution in [0.1, 0.15) is 21.9 Å². The molecule has 5 nitrogen and oxygen atoms in total. The van der Waals surface area contributed by atoms with E-state index in [1.807, 2.05) is 35.8 Å². The number of nitrogens with zero attached hydrogens (tertiary/aromatic N) is 3. The highest BCUT2D eigenvalue weighted by atomic mass is 35.5. The molecule has 0 saturated heterocycles. The van der Waals surface area contributed by atoms with Crippen molar-refractivity contribution in [1.29, 1.82) is 0 Å². The smallest absolute Gasteiger partial charge is 0.352 e. The van der Waals surface area contributed by atoms with Gasteiger partial charge in [-0.1, -0.05) is 23.7 Å². The Bertz CT molecular complexity index is 799. The average molecular weight is 316 g/mol. The van der Waals surface area contributed by atoms with E-state index < -0.39 is 5.97 Å². The first kappa shape index (κ1) is 14.4. The minimum atomic E-state index is -0.949. The third kappa shape index (κ3) is 2.63. The lowest BCUT2D eigenvalue weighted by atomic mass is 10.2. The Labute approximate surface area is 132 Å². The van der Waals surface area contributed by atoms with Crippen molar-refractivity contribution in [2.45, 2.75) is 13.5 Å². The van der Waals surface area contributed by atoms with E-state index >= 15 is 0 Å². The van der Waals surface area contributed by atoms with Crippen LogP contribution in [0.5, 0.6) is 0 Å². The summed E-state index contributed by atoms with van der Waals surface area (Å²) in [6.07, 6.45) is 3.36. The van der Waals surface area contributed by atoms with E-state index in [1.54, 1.807) is 29.1 Å². The van der Waals surface area contributed by atoms with Gasteiger partial charge in [-0.2, -0.15) is 0 Å². The number of hydrogen-bond acceptors (Lipinski definition) is 2. The lowest BCUT2D eigenvalue weighted by Crippen LogP contribution is -2.06. The van der Waals surface area contributed by atoms with Crippen LogP contribution in [-0.4, -0.2) is 25.2 Å². The van der Waals surface area contributed by atoms with Gasteiger partial charge in [0.15, 0.2) is 0 Å². The number of benzene rings is 1. The van der Waals surface area contributed by atoms with Crippen molar-refractivity contribution in [2.24, 2.45) is 0 Å². The van der Waals surface area contributed by atoms with Gasteiger partial charge in [0, 0.05) is 11.9 Å². The third-order valence-electron chi connectivity index (χ3n) is 3.53. The fourth-order valence-electron chi connectivity index (χ4n) is 2.36. The first-order valence-electron chi connectivity index (χ1n) is 6.74. The SMILES string of the molecule is Cc1ncc(Cl)n1Cc1ccc(-n2cccc2C(=O)O)cc1. The third-order valence-corrected chi connectivity index (χ3v) is 3.83. The zero-order valence-electron chi connectivity index (χ0n) is 11.9. The summed E-state index contributed by atoms with van der Waals surface area (Å²) in [5.74, 6) is -0.0949. The van der Waals surface area contributed by atoms with Gasteiger partial charge < -0.3 is 14.2 Å². The quantitative estimate of drug-likeness (QED) is 0.803. The molecule has 2 heterocycles. The maximum Gasteiger partial charge on any atom is 0.352 e. The molecular formula is C16H14ClN3O2. The summed E-state index contributed by atoms with van der Waals surface area (Å²) in [5, 5.41) is 9.75. The second kappa shape index (κ2) is 5.69. The van der Waals surface area contributed by atoms with E-state index in [0.717, 1.165) is 17.1 Å². The molecule has 0 saturated carbocycles. The summed E-state index contributed by atoms with van der Waals surface area (Å²) < 4.78 is 3.55. The van der Waals surface area contributed by atoms with Gasteiger partial charge in [0.1, 0.15) is 16.7 Å². The Morgan fingerprint density at radius 2 is 2.00 bits per heavy atom. The van der Waals surface area contributed by atoms with E-state index in [0.29, 0.717) is 11.7 Å². The summed E-state index contributed by atoms with van der Waals surface area (Å²) in [4.78, 5) is 15.3. The van der Waals surface area contributed by atoms with E-state index in [1.165, 1.54) is 0 Å². The standard InChI is InChI=1S/C16H14ClN3O2/c1-11-18-9-15(17)20(11)10-12-4-6-13(7-5-12)19-8-2-3-14(19)16(21)22/h2-9H,10H2,1H3,(H,21,22). The number of carbonyl (C=O) groups is 1. The molecule has 3 aromatic rings. The highest BCUT2D eigenvalue weighted by molar-refractivity contribution is 6.29. The second-order valence-corrected chi connectivity index (χ2v) is 5.34. The van der Waals surface area contributed by atoms with Crippen molar-refractivity contribution in [2.75, 3.05) is 0 Å². The van der Waals surface area contributed by atoms with Crippen LogP contribution in [0.3, 0.4) is 0 Å². The number of rotatable bonds is 4. The lowest BCUT2D eigenvalue weighted by molar-refractivity contribution is 0.0688. The fourth-order valence-corrected chi connectivity index (χ4v) is 2.59. The molecule has 0 aliphatic heterocycles. The number of hydrogen-bond donors (Lipinski definition) is 1. The summed E-state index contributed by atoms with van der Waals surface area (Å²) >= 11 is 6.09. The zero-order valence-corrected chi connectivity index (χ0v) is 12.7. The van der Waals surface area contributed by atoms with Crippen molar-refractivity contribution in [1.82, 2.24) is 14.1 Å². The van der Waals surface area contributed by atoms with Gasteiger partial charge in [-0.3, -0.25) is 0 Å². The van der Waals surface area contributed by atoms with Gasteiger partial charge >= 0.3 is 5.97 Å². The van der Waals surface area contributed by atoms with Crippen LogP contribution in [0.15, 0.2) is 48.8 Å². The van der Waals surface area contributed by atoms with E-state index in [-0.39, 0.29) is 5.69 Å². The van der Waals surface area contributed by atoms with E-state index in [4.69, 9.17) is 16.7 Å². The van der Waals surface area contributed by atoms with Crippen molar-refractivity contribution in [3.8, 4) is 5.69 Å². The van der Waals surface area contributed by atoms with Crippen molar-refractivity contribution in [3.05, 3.63) is 71.0 Å². The fraction of sp³-hybridized carbons (Fsp3) is 0.125. The van der Waals surface area contributed by atoms with Crippen LogP contribution >= 0.6 is 11.6 Å². The molecule has 0 spiro atoms. The molecule has 0 unspecified atom stereocenters. The van der Waals surface area contributed by atoms with Crippen molar-refractivity contribution in [3.63, 3.8) is 0 Å². The molecule has 1 N–H and O–H groups in total. The molecule has 112 valence electrons. The van der Waals surface area contributed by atoms with Crippen molar-refractivity contribution < 1.29 is 9.90 Å². The molecule has 1 aromatic carbocycles. The first-order valence-corrected chi connectivity index (χ1v) is 7.11. The zero-order chi connectivity index (χ0) is 15.7. The summed E-state index contributed by atoms with van der Waals surface area (Å²) in [6, 6.07) is 11.0. The van der Waals surface area contributed by atoms with Gasteiger partial charge in [0.05, 0.1) is 12.7 Å². The number of aromatic carboxylic acids is 1. The second-order valence-electron chi connectivity index (χ2n) is 4.95. The summed E-state index contributed by atoms with van der Waals surface area (Å²) in [6.45, 7) is 2.53. The first-order chi connectivity index (χ1) is 10.6. The van der Waals surface area contributed by atoms with Crippen LogP contribution < -0.4 is 0 Å². The lowest BCUT2D eigenvalue weighted by Gasteiger charge is -2.10. The monoisotopic (exact) mass is 315 g/mol. The molecule has 2 aromatic heterocycles. The molecule has 0 fully saturated rings. The molecule has 22 heavy (non-hydrogen) atoms. The van der Waals surface area contributed by atoms with Gasteiger partial charge in [0.25, 0.3) is 0 Å². The van der Waals surface area contributed by atoms with Gasteiger partial charge in [-0.05, 0) is 36.8 Å². The summed E-state index contributed by atoms with van der Waals surface area (Å²) in [5.41, 5.74) is 2.11. The van der Waals surface area contributed by atoms with Crippen LogP contribution in [0.25, 0.3) is 5.69 Å². The normalized spacial score (nSPS) is 10.8. The van der Waals surface area contributed by atoms with Crippen LogP contribution in [0.4, 0.5) is 0 Å². The molecule has 0 aliphatic rings. The topological polar surface area (TPSA) is 60.0 Å².